The van der Waals surface area contributed by atoms with Gasteiger partial charge < -0.3 is 10.5 Å². The van der Waals surface area contributed by atoms with Crippen LogP contribution < -0.4 is 14.8 Å². The number of hydrogen-bond donors (Lipinski definition) is 1. The predicted molar refractivity (Wildman–Crippen MR) is 101 cm³/mol. The van der Waals surface area contributed by atoms with Crippen molar-refractivity contribution < 1.29 is 17.5 Å². The number of benzene rings is 1. The molecule has 25 heavy (non-hydrogen) atoms. The zero-order chi connectivity index (χ0) is 18.8. The molecule has 6 nitrogen and oxygen atoms in total. The minimum absolute atomic E-state index is 0.0565. The lowest BCUT2D eigenvalue weighted by Gasteiger charge is -2.23. The van der Waals surface area contributed by atoms with Crippen molar-refractivity contribution in [2.24, 2.45) is 0 Å². The van der Waals surface area contributed by atoms with Crippen LogP contribution in [0.3, 0.4) is 0 Å². The van der Waals surface area contributed by atoms with Crippen molar-refractivity contribution in [3.05, 3.63) is 34.7 Å². The topological polar surface area (TPSA) is 85.5 Å². The van der Waals surface area contributed by atoms with Gasteiger partial charge in [-0.25, -0.2) is 17.8 Å². The van der Waals surface area contributed by atoms with Crippen LogP contribution in [0.5, 0.6) is 5.75 Å². The molecular weight excluding hydrogens is 413 g/mol. The number of pyridine rings is 1. The number of halogens is 2. The van der Waals surface area contributed by atoms with Crippen LogP contribution >= 0.6 is 15.9 Å². The molecule has 2 N–H and O–H groups in total. The molecule has 0 radical (unpaired) electrons. The third-order valence-electron chi connectivity index (χ3n) is 3.64. The summed E-state index contributed by atoms with van der Waals surface area (Å²) in [7, 11) is -0.941. The first-order valence-electron chi connectivity index (χ1n) is 7.46. The fourth-order valence-electron chi connectivity index (χ4n) is 2.40. The molecule has 0 unspecified atom stereocenters. The van der Waals surface area contributed by atoms with Crippen LogP contribution in [0.1, 0.15) is 13.3 Å². The second kappa shape index (κ2) is 7.57. The highest BCUT2D eigenvalue weighted by atomic mass is 79.9. The van der Waals surface area contributed by atoms with Crippen LogP contribution in [0.25, 0.3) is 11.1 Å². The summed E-state index contributed by atoms with van der Waals surface area (Å²) in [6.45, 7) is 1.76. The number of sulfonamides is 1. The number of aromatic nitrogens is 1. The Bertz CT molecular complexity index is 890. The summed E-state index contributed by atoms with van der Waals surface area (Å²) >= 11 is 3.30. The maximum atomic E-state index is 14.5. The highest BCUT2D eigenvalue weighted by Crippen LogP contribution is 2.38. The lowest BCUT2D eigenvalue weighted by atomic mass is 10.0. The van der Waals surface area contributed by atoms with Gasteiger partial charge in [-0.05, 0) is 46.1 Å². The molecule has 1 aromatic carbocycles. The molecular formula is C16H19BrFN3O3S. The summed E-state index contributed by atoms with van der Waals surface area (Å²) in [6.07, 6.45) is 1.97. The molecule has 0 bridgehead atoms. The number of hydrogen-bond acceptors (Lipinski definition) is 5. The van der Waals surface area contributed by atoms with Gasteiger partial charge in [0.05, 0.1) is 18.6 Å². The Balaban J connectivity index is 2.68. The highest BCUT2D eigenvalue weighted by Gasteiger charge is 2.24. The largest absolute Gasteiger partial charge is 0.492 e. The normalized spacial score (nSPS) is 11.4. The molecule has 0 fully saturated rings. The van der Waals surface area contributed by atoms with E-state index in [0.717, 1.165) is 4.31 Å². The Morgan fingerprint density at radius 1 is 1.36 bits per heavy atom. The predicted octanol–water partition coefficient (Wildman–Crippen LogP) is 3.42. The van der Waals surface area contributed by atoms with Gasteiger partial charge in [0.25, 0.3) is 0 Å². The maximum absolute atomic E-state index is 14.5. The quantitative estimate of drug-likeness (QED) is 0.756. The molecule has 0 atom stereocenters. The molecule has 0 aliphatic rings. The van der Waals surface area contributed by atoms with Crippen molar-refractivity contribution in [1.82, 2.24) is 4.98 Å². The molecule has 0 saturated heterocycles. The van der Waals surface area contributed by atoms with Crippen LogP contribution in [0.4, 0.5) is 15.9 Å². The van der Waals surface area contributed by atoms with Crippen molar-refractivity contribution in [3.63, 3.8) is 0 Å². The van der Waals surface area contributed by atoms with E-state index in [-0.39, 0.29) is 23.0 Å². The van der Waals surface area contributed by atoms with Gasteiger partial charge in [0.2, 0.25) is 10.0 Å². The van der Waals surface area contributed by atoms with Gasteiger partial charge in [0.15, 0.2) is 11.6 Å². The summed E-state index contributed by atoms with van der Waals surface area (Å²) < 4.78 is 46.1. The van der Waals surface area contributed by atoms with Crippen LogP contribution in [0.15, 0.2) is 28.9 Å². The summed E-state index contributed by atoms with van der Waals surface area (Å²) in [5.41, 5.74) is 6.87. The van der Waals surface area contributed by atoms with Gasteiger partial charge in [-0.1, -0.05) is 6.92 Å². The van der Waals surface area contributed by atoms with Crippen molar-refractivity contribution in [2.45, 2.75) is 13.3 Å². The lowest BCUT2D eigenvalue weighted by molar-refractivity contribution is 0.388. The summed E-state index contributed by atoms with van der Waals surface area (Å²) in [6, 6.07) is 4.45. The Labute approximate surface area is 155 Å². The third-order valence-corrected chi connectivity index (χ3v) is 6.03. The maximum Gasteiger partial charge on any atom is 0.235 e. The van der Waals surface area contributed by atoms with Gasteiger partial charge in [-0.15, -0.1) is 0 Å². The zero-order valence-corrected chi connectivity index (χ0v) is 16.5. The van der Waals surface area contributed by atoms with Gasteiger partial charge in [-0.2, -0.15) is 0 Å². The molecule has 9 heteroatoms. The second-order valence-corrected chi connectivity index (χ2v) is 8.42. The van der Waals surface area contributed by atoms with Gasteiger partial charge >= 0.3 is 0 Å². The minimum Gasteiger partial charge on any atom is -0.492 e. The molecule has 0 spiro atoms. The summed E-state index contributed by atoms with van der Waals surface area (Å²) in [5.74, 6) is -0.683. The van der Waals surface area contributed by atoms with E-state index in [2.05, 4.69) is 20.9 Å². The molecule has 1 heterocycles. The number of nitrogens with two attached hydrogens (primary N) is 1. The van der Waals surface area contributed by atoms with Crippen LogP contribution in [0.2, 0.25) is 0 Å². The fraction of sp³-hybridized carbons (Fsp3) is 0.312. The van der Waals surface area contributed by atoms with Crippen molar-refractivity contribution in [1.29, 1.82) is 0 Å². The van der Waals surface area contributed by atoms with Crippen molar-refractivity contribution in [2.75, 3.05) is 29.9 Å². The molecule has 0 aliphatic carbocycles. The van der Waals surface area contributed by atoms with E-state index in [1.807, 2.05) is 0 Å². The molecule has 1 aromatic heterocycles. The summed E-state index contributed by atoms with van der Waals surface area (Å²) in [4.78, 5) is 4.03. The van der Waals surface area contributed by atoms with E-state index in [4.69, 9.17) is 10.5 Å². The smallest absolute Gasteiger partial charge is 0.235 e. The molecule has 136 valence electrons. The first kappa shape index (κ1) is 19.5. The number of anilines is 2. The molecule has 2 aromatic rings. The van der Waals surface area contributed by atoms with Crippen molar-refractivity contribution >= 4 is 37.5 Å². The average Bonchev–Trinajstić information content (AvgIpc) is 2.55. The standard InChI is InChI=1S/C16H19BrFN3O3S/c1-4-5-25(22,23)21(2)14-7-10(6-13(18)15(14)24-3)12-8-11(17)9-20-16(12)19/h6-9H,4-5H2,1-3H3,(H2,19,20). The number of rotatable bonds is 6. The van der Waals surface area contributed by atoms with E-state index >= 15 is 0 Å². The van der Waals surface area contributed by atoms with E-state index in [0.29, 0.717) is 22.0 Å². The number of nitrogen functional groups attached to an aromatic ring is 1. The first-order valence-corrected chi connectivity index (χ1v) is 9.87. The first-order chi connectivity index (χ1) is 11.7. The Morgan fingerprint density at radius 3 is 2.64 bits per heavy atom. The van der Waals surface area contributed by atoms with E-state index < -0.39 is 15.8 Å². The number of nitrogens with zero attached hydrogens (tertiary/aromatic N) is 2. The van der Waals surface area contributed by atoms with Crippen molar-refractivity contribution in [3.8, 4) is 16.9 Å². The number of ether oxygens (including phenoxy) is 1. The van der Waals surface area contributed by atoms with Gasteiger partial charge in [-0.3, -0.25) is 4.31 Å². The Morgan fingerprint density at radius 2 is 2.04 bits per heavy atom. The average molecular weight is 432 g/mol. The molecule has 0 saturated carbocycles. The molecule has 0 aliphatic heterocycles. The van der Waals surface area contributed by atoms with Crippen LogP contribution in [-0.4, -0.2) is 33.3 Å². The highest BCUT2D eigenvalue weighted by molar-refractivity contribution is 9.10. The van der Waals surface area contributed by atoms with Gasteiger partial charge in [0.1, 0.15) is 5.82 Å². The monoisotopic (exact) mass is 431 g/mol. The Kier molecular flexibility index (Phi) is 5.89. The minimum atomic E-state index is -3.60. The van der Waals surface area contributed by atoms with E-state index in [1.54, 1.807) is 13.0 Å². The van der Waals surface area contributed by atoms with Crippen LogP contribution in [0, 0.1) is 5.82 Å². The SMILES string of the molecule is CCCS(=O)(=O)N(C)c1cc(-c2cc(Br)cnc2N)cc(F)c1OC. The second-order valence-electron chi connectivity index (χ2n) is 5.38. The van der Waals surface area contributed by atoms with E-state index in [1.165, 1.54) is 32.5 Å². The van der Waals surface area contributed by atoms with Gasteiger partial charge in [0, 0.05) is 23.3 Å². The zero-order valence-electron chi connectivity index (χ0n) is 14.1. The fourth-order valence-corrected chi connectivity index (χ4v) is 3.95. The number of methoxy groups -OCH3 is 1. The Hall–Kier alpha value is -1.87. The van der Waals surface area contributed by atoms with E-state index in [9.17, 15) is 12.8 Å². The molecule has 0 amide bonds. The lowest BCUT2D eigenvalue weighted by Crippen LogP contribution is -2.29. The molecule has 2 rings (SSSR count). The third kappa shape index (κ3) is 4.04. The summed E-state index contributed by atoms with van der Waals surface area (Å²) in [5, 5.41) is 0. The van der Waals surface area contributed by atoms with Crippen LogP contribution in [-0.2, 0) is 10.0 Å².